The maximum Gasteiger partial charge on any atom is 0.302 e. The van der Waals surface area contributed by atoms with E-state index in [9.17, 15) is 9.59 Å². The second-order valence-corrected chi connectivity index (χ2v) is 12.7. The molecule has 0 bridgehead atoms. The van der Waals surface area contributed by atoms with Crippen molar-refractivity contribution in [2.24, 2.45) is 40.4 Å². The van der Waals surface area contributed by atoms with Crippen LogP contribution in [0.25, 0.3) is 0 Å². The molecule has 4 rings (SSSR count). The van der Waals surface area contributed by atoms with Gasteiger partial charge in [-0.25, -0.2) is 0 Å². The van der Waals surface area contributed by atoms with Gasteiger partial charge in [0.05, 0.1) is 0 Å². The molecule has 0 aromatic carbocycles. The molecular weight excluding hydrogens is 396 g/mol. The summed E-state index contributed by atoms with van der Waals surface area (Å²) in [6.45, 7) is 13.5. The fourth-order valence-electron chi connectivity index (χ4n) is 8.54. The molecule has 4 aliphatic carbocycles. The van der Waals surface area contributed by atoms with Gasteiger partial charge in [0.2, 0.25) is 0 Å². The van der Waals surface area contributed by atoms with E-state index in [1.165, 1.54) is 44.6 Å². The Morgan fingerprint density at radius 1 is 1.09 bits per heavy atom. The molecule has 3 heteroatoms. The molecule has 0 saturated heterocycles. The summed E-state index contributed by atoms with van der Waals surface area (Å²) in [5.41, 5.74) is 3.18. The number of fused-ring (bicyclic) bond motifs is 4. The minimum atomic E-state index is -0.143. The summed E-state index contributed by atoms with van der Waals surface area (Å²) in [6.07, 6.45) is 12.5. The second-order valence-electron chi connectivity index (χ2n) is 12.7. The standard InChI is InChI=1S/C29H46O3/c1-18(2)8-7-9-19(3)25-17-26(31)27-23-11-10-21-16-22(32-20(4)30)12-14-28(21,5)24(23)13-15-29(25,27)6/h18-19,21-22,24-25H,7-17H2,1-6H3/t19-,21+,22+,24?,25?,28?,29?/m1/s1. The highest BCUT2D eigenvalue weighted by Crippen LogP contribution is 2.65. The van der Waals surface area contributed by atoms with Crippen molar-refractivity contribution < 1.29 is 14.3 Å². The Kier molecular flexibility index (Phi) is 6.69. The highest BCUT2D eigenvalue weighted by atomic mass is 16.5. The van der Waals surface area contributed by atoms with Crippen molar-refractivity contribution in [3.63, 3.8) is 0 Å². The number of hydrogen-bond acceptors (Lipinski definition) is 3. The summed E-state index contributed by atoms with van der Waals surface area (Å²) in [6, 6.07) is 0. The van der Waals surface area contributed by atoms with Gasteiger partial charge in [0.15, 0.2) is 5.78 Å². The zero-order chi connectivity index (χ0) is 23.3. The Morgan fingerprint density at radius 2 is 1.84 bits per heavy atom. The first-order valence-corrected chi connectivity index (χ1v) is 13.5. The van der Waals surface area contributed by atoms with Crippen LogP contribution in [0.5, 0.6) is 0 Å². The quantitative estimate of drug-likeness (QED) is 0.406. The van der Waals surface area contributed by atoms with E-state index < -0.39 is 0 Å². The molecule has 3 nitrogen and oxygen atoms in total. The largest absolute Gasteiger partial charge is 0.463 e. The van der Waals surface area contributed by atoms with E-state index in [0.717, 1.165) is 44.4 Å². The normalized spacial score (nSPS) is 40.0. The van der Waals surface area contributed by atoms with Gasteiger partial charge in [-0.15, -0.1) is 0 Å². The molecule has 3 saturated carbocycles. The number of carbonyl (C=O) groups excluding carboxylic acids is 2. The van der Waals surface area contributed by atoms with Crippen molar-refractivity contribution in [1.82, 2.24) is 0 Å². The van der Waals surface area contributed by atoms with E-state index in [1.54, 1.807) is 5.57 Å². The Hall–Kier alpha value is -1.12. The molecule has 3 fully saturated rings. The predicted molar refractivity (Wildman–Crippen MR) is 129 cm³/mol. The first-order chi connectivity index (χ1) is 15.1. The molecule has 7 atom stereocenters. The lowest BCUT2D eigenvalue weighted by Gasteiger charge is -2.56. The fraction of sp³-hybridized carbons (Fsp3) is 0.862. The summed E-state index contributed by atoms with van der Waals surface area (Å²) < 4.78 is 5.61. The lowest BCUT2D eigenvalue weighted by Crippen LogP contribution is -2.49. The third-order valence-electron chi connectivity index (χ3n) is 10.3. The van der Waals surface area contributed by atoms with Gasteiger partial charge >= 0.3 is 5.97 Å². The molecule has 180 valence electrons. The Morgan fingerprint density at radius 3 is 2.53 bits per heavy atom. The molecule has 0 spiro atoms. The van der Waals surface area contributed by atoms with Crippen molar-refractivity contribution in [3.05, 3.63) is 11.1 Å². The molecule has 4 unspecified atom stereocenters. The van der Waals surface area contributed by atoms with Gasteiger partial charge < -0.3 is 4.74 Å². The highest BCUT2D eigenvalue weighted by Gasteiger charge is 2.58. The monoisotopic (exact) mass is 442 g/mol. The zero-order valence-corrected chi connectivity index (χ0v) is 21.5. The minimum Gasteiger partial charge on any atom is -0.463 e. The first kappa shape index (κ1) is 24.0. The van der Waals surface area contributed by atoms with E-state index >= 15 is 0 Å². The number of Topliss-reactive ketones (excluding diaryl/α,β-unsaturated/α-hetero) is 1. The van der Waals surface area contributed by atoms with Crippen molar-refractivity contribution in [2.45, 2.75) is 118 Å². The minimum absolute atomic E-state index is 0.0952. The van der Waals surface area contributed by atoms with Crippen molar-refractivity contribution in [1.29, 1.82) is 0 Å². The Bertz CT molecular complexity index is 779. The van der Waals surface area contributed by atoms with Crippen molar-refractivity contribution in [2.75, 3.05) is 0 Å². The lowest BCUT2D eigenvalue weighted by molar-refractivity contribution is -0.152. The number of ketones is 1. The number of esters is 1. The van der Waals surface area contributed by atoms with Crippen LogP contribution in [0.15, 0.2) is 11.1 Å². The molecule has 0 heterocycles. The summed E-state index contributed by atoms with van der Waals surface area (Å²) >= 11 is 0. The molecule has 32 heavy (non-hydrogen) atoms. The Balaban J connectivity index is 1.55. The van der Waals surface area contributed by atoms with Crippen LogP contribution in [0.3, 0.4) is 0 Å². The second kappa shape index (κ2) is 8.91. The average molecular weight is 443 g/mol. The van der Waals surface area contributed by atoms with E-state index in [4.69, 9.17) is 4.74 Å². The van der Waals surface area contributed by atoms with Gasteiger partial charge in [-0.2, -0.15) is 0 Å². The highest BCUT2D eigenvalue weighted by molar-refractivity contribution is 6.00. The van der Waals surface area contributed by atoms with Crippen molar-refractivity contribution >= 4 is 11.8 Å². The van der Waals surface area contributed by atoms with Gasteiger partial charge in [0.25, 0.3) is 0 Å². The van der Waals surface area contributed by atoms with Gasteiger partial charge in [-0.3, -0.25) is 9.59 Å². The maximum atomic E-state index is 13.5. The SMILES string of the molecule is CC(=O)O[C@H]1CCC2(C)C3CCC4(C)C(=C3CC[C@H]2C1)C(=O)CC4[C@H](C)CCCC(C)C. The molecule has 0 radical (unpaired) electrons. The van der Waals surface area contributed by atoms with Crippen LogP contribution >= 0.6 is 0 Å². The van der Waals surface area contributed by atoms with Gasteiger partial charge in [-0.1, -0.05) is 59.5 Å². The van der Waals surface area contributed by atoms with E-state index in [1.807, 2.05) is 0 Å². The molecule has 0 amide bonds. The molecule has 0 aliphatic heterocycles. The van der Waals surface area contributed by atoms with Crippen molar-refractivity contribution in [3.8, 4) is 0 Å². The third kappa shape index (κ3) is 4.11. The van der Waals surface area contributed by atoms with E-state index in [0.29, 0.717) is 29.5 Å². The van der Waals surface area contributed by atoms with Crippen LogP contribution < -0.4 is 0 Å². The van der Waals surface area contributed by atoms with Gasteiger partial charge in [0.1, 0.15) is 6.10 Å². The third-order valence-corrected chi connectivity index (χ3v) is 10.3. The van der Waals surface area contributed by atoms with Crippen LogP contribution in [0.4, 0.5) is 0 Å². The molecular formula is C29H46O3. The van der Waals surface area contributed by atoms with Crippen LogP contribution in [0.1, 0.15) is 112 Å². The number of ether oxygens (including phenoxy) is 1. The topological polar surface area (TPSA) is 43.4 Å². The fourth-order valence-corrected chi connectivity index (χ4v) is 8.54. The molecule has 0 aromatic heterocycles. The average Bonchev–Trinajstić information content (AvgIpc) is 2.98. The number of rotatable bonds is 6. The smallest absolute Gasteiger partial charge is 0.302 e. The maximum absolute atomic E-state index is 13.5. The van der Waals surface area contributed by atoms with E-state index in [-0.39, 0.29) is 22.9 Å². The van der Waals surface area contributed by atoms with E-state index in [2.05, 4.69) is 34.6 Å². The first-order valence-electron chi connectivity index (χ1n) is 13.5. The molecule has 0 aromatic rings. The summed E-state index contributed by atoms with van der Waals surface area (Å²) in [4.78, 5) is 25.0. The summed E-state index contributed by atoms with van der Waals surface area (Å²) in [5, 5.41) is 0. The molecule has 0 N–H and O–H groups in total. The number of allylic oxidation sites excluding steroid dienone is 2. The van der Waals surface area contributed by atoms with Crippen LogP contribution in [0.2, 0.25) is 0 Å². The summed E-state index contributed by atoms with van der Waals surface area (Å²) in [7, 11) is 0. The predicted octanol–water partition coefficient (Wildman–Crippen LogP) is 7.28. The van der Waals surface area contributed by atoms with Crippen LogP contribution in [-0.2, 0) is 14.3 Å². The Labute approximate surface area is 196 Å². The number of hydrogen-bond donors (Lipinski definition) is 0. The number of carbonyl (C=O) groups is 2. The summed E-state index contributed by atoms with van der Waals surface area (Å²) in [5.74, 6) is 3.42. The van der Waals surface area contributed by atoms with Gasteiger partial charge in [-0.05, 0) is 85.4 Å². The van der Waals surface area contributed by atoms with Crippen LogP contribution in [-0.4, -0.2) is 17.9 Å². The molecule has 4 aliphatic rings. The zero-order valence-electron chi connectivity index (χ0n) is 21.5. The lowest BCUT2D eigenvalue weighted by atomic mass is 9.48. The van der Waals surface area contributed by atoms with Gasteiger partial charge in [0, 0.05) is 18.9 Å². The van der Waals surface area contributed by atoms with Crippen LogP contribution in [0, 0.1) is 40.4 Å².